The second kappa shape index (κ2) is 9.49. The molecule has 0 aromatic carbocycles. The van der Waals surface area contributed by atoms with Crippen LogP contribution < -0.4 is 5.32 Å². The van der Waals surface area contributed by atoms with Crippen LogP contribution in [0.4, 0.5) is 0 Å². The Balaban J connectivity index is 1.48. The van der Waals surface area contributed by atoms with Gasteiger partial charge < -0.3 is 19.0 Å². The van der Waals surface area contributed by atoms with Crippen LogP contribution in [0.2, 0.25) is 0 Å². The maximum atomic E-state index is 13.1. The third kappa shape index (κ3) is 4.89. The van der Waals surface area contributed by atoms with Crippen molar-refractivity contribution in [1.82, 2.24) is 19.8 Å². The Hall–Kier alpha value is -2.90. The summed E-state index contributed by atoms with van der Waals surface area (Å²) >= 11 is 0. The van der Waals surface area contributed by atoms with E-state index < -0.39 is 0 Å². The summed E-state index contributed by atoms with van der Waals surface area (Å²) in [5.41, 5.74) is 3.65. The number of hydrogen-bond acceptors (Lipinski definition) is 5. The molecule has 4 rings (SSSR count). The molecule has 1 N–H and O–H groups in total. The monoisotopic (exact) mass is 422 g/mol. The van der Waals surface area contributed by atoms with Crippen LogP contribution in [0.15, 0.2) is 47.0 Å². The summed E-state index contributed by atoms with van der Waals surface area (Å²) in [6.45, 7) is 10.1. The highest BCUT2D eigenvalue weighted by atomic mass is 16.5. The highest BCUT2D eigenvalue weighted by Gasteiger charge is 2.26. The Morgan fingerprint density at radius 1 is 1.16 bits per heavy atom. The van der Waals surface area contributed by atoms with Crippen molar-refractivity contribution in [1.29, 1.82) is 0 Å². The molecule has 0 bridgehead atoms. The van der Waals surface area contributed by atoms with Gasteiger partial charge in [-0.1, -0.05) is 6.07 Å². The maximum absolute atomic E-state index is 13.1. The molecule has 1 aliphatic rings. The van der Waals surface area contributed by atoms with E-state index in [0.717, 1.165) is 41.7 Å². The first kappa shape index (κ1) is 21.3. The molecule has 31 heavy (non-hydrogen) atoms. The molecule has 0 radical (unpaired) electrons. The number of furan rings is 1. The Morgan fingerprint density at radius 2 is 1.97 bits per heavy atom. The number of nitrogens with zero attached hydrogens (tertiary/aromatic N) is 3. The first-order valence-electron chi connectivity index (χ1n) is 10.8. The molecule has 1 unspecified atom stereocenters. The summed E-state index contributed by atoms with van der Waals surface area (Å²) in [5, 5.41) is 3.14. The lowest BCUT2D eigenvalue weighted by Gasteiger charge is -2.33. The first-order valence-corrected chi connectivity index (χ1v) is 10.8. The average molecular weight is 423 g/mol. The second-order valence-corrected chi connectivity index (χ2v) is 8.01. The van der Waals surface area contributed by atoms with Gasteiger partial charge in [0.05, 0.1) is 37.1 Å². The van der Waals surface area contributed by atoms with Gasteiger partial charge in [0.25, 0.3) is 5.91 Å². The number of nitrogens with one attached hydrogen (secondary N) is 1. The zero-order valence-electron chi connectivity index (χ0n) is 18.4. The minimum atomic E-state index is -0.0677. The minimum Gasteiger partial charge on any atom is -0.465 e. The van der Waals surface area contributed by atoms with Gasteiger partial charge in [0.1, 0.15) is 11.5 Å². The quantitative estimate of drug-likeness (QED) is 0.633. The third-order valence-electron chi connectivity index (χ3n) is 5.90. The fourth-order valence-electron chi connectivity index (χ4n) is 4.14. The molecular formula is C24H30N4O3. The Morgan fingerprint density at radius 3 is 2.65 bits per heavy atom. The number of aromatic nitrogens is 2. The van der Waals surface area contributed by atoms with Crippen LogP contribution >= 0.6 is 0 Å². The number of rotatable bonds is 7. The lowest BCUT2D eigenvalue weighted by Crippen LogP contribution is -2.43. The van der Waals surface area contributed by atoms with E-state index in [0.29, 0.717) is 31.9 Å². The lowest BCUT2D eigenvalue weighted by molar-refractivity contribution is 0.0117. The topological polar surface area (TPSA) is 72.5 Å². The maximum Gasteiger partial charge on any atom is 0.253 e. The molecule has 3 aromatic rings. The molecule has 1 amide bonds. The van der Waals surface area contributed by atoms with Crippen molar-refractivity contribution in [3.05, 3.63) is 76.8 Å². The highest BCUT2D eigenvalue weighted by Crippen LogP contribution is 2.24. The molecular weight excluding hydrogens is 392 g/mol. The SMILES string of the molecule is Cc1ccc(C(CNC(=O)c2cc(C)n(Cc3ccccn3)c2C)N2CCOCC2)o1. The average Bonchev–Trinajstić information content (AvgIpc) is 3.33. The van der Waals surface area contributed by atoms with E-state index in [2.05, 4.69) is 19.8 Å². The normalized spacial score (nSPS) is 15.7. The molecule has 0 spiro atoms. The van der Waals surface area contributed by atoms with E-state index in [9.17, 15) is 4.79 Å². The molecule has 164 valence electrons. The van der Waals surface area contributed by atoms with Gasteiger partial charge in [0.2, 0.25) is 0 Å². The Bertz CT molecular complexity index is 1020. The van der Waals surface area contributed by atoms with E-state index in [-0.39, 0.29) is 11.9 Å². The van der Waals surface area contributed by atoms with E-state index in [1.807, 2.05) is 57.2 Å². The van der Waals surface area contributed by atoms with Crippen molar-refractivity contribution >= 4 is 5.91 Å². The fraction of sp³-hybridized carbons (Fsp3) is 0.417. The van der Waals surface area contributed by atoms with E-state index in [4.69, 9.17) is 9.15 Å². The van der Waals surface area contributed by atoms with Crippen molar-refractivity contribution in [2.45, 2.75) is 33.4 Å². The van der Waals surface area contributed by atoms with Gasteiger partial charge in [0, 0.05) is 37.2 Å². The van der Waals surface area contributed by atoms with Gasteiger partial charge in [0.15, 0.2) is 0 Å². The number of morpholine rings is 1. The van der Waals surface area contributed by atoms with Crippen molar-refractivity contribution in [2.24, 2.45) is 0 Å². The van der Waals surface area contributed by atoms with Crippen molar-refractivity contribution in [3.8, 4) is 0 Å². The summed E-state index contributed by atoms with van der Waals surface area (Å²) in [4.78, 5) is 19.8. The van der Waals surface area contributed by atoms with Crippen molar-refractivity contribution in [2.75, 3.05) is 32.8 Å². The van der Waals surface area contributed by atoms with Gasteiger partial charge in [-0.05, 0) is 51.1 Å². The summed E-state index contributed by atoms with van der Waals surface area (Å²) in [5.74, 6) is 1.68. The number of aryl methyl sites for hydroxylation is 2. The smallest absolute Gasteiger partial charge is 0.253 e. The summed E-state index contributed by atoms with van der Waals surface area (Å²) in [6, 6.07) is 11.8. The zero-order chi connectivity index (χ0) is 21.8. The number of carbonyl (C=O) groups excluding carboxylic acids is 1. The number of carbonyl (C=O) groups is 1. The largest absolute Gasteiger partial charge is 0.465 e. The van der Waals surface area contributed by atoms with Gasteiger partial charge >= 0.3 is 0 Å². The van der Waals surface area contributed by atoms with Gasteiger partial charge in [-0.3, -0.25) is 14.7 Å². The molecule has 1 saturated heterocycles. The molecule has 7 nitrogen and oxygen atoms in total. The molecule has 0 aliphatic carbocycles. The van der Waals surface area contributed by atoms with Gasteiger partial charge in [-0.15, -0.1) is 0 Å². The molecule has 7 heteroatoms. The van der Waals surface area contributed by atoms with Crippen LogP contribution in [-0.4, -0.2) is 53.2 Å². The standard InChI is InChI=1S/C24H30N4O3/c1-17-14-21(19(3)28(17)16-20-6-4-5-9-25-20)24(29)26-15-22(23-8-7-18(2)31-23)27-10-12-30-13-11-27/h4-9,14,22H,10-13,15-16H2,1-3H3,(H,26,29). The Labute approximate surface area is 183 Å². The second-order valence-electron chi connectivity index (χ2n) is 8.01. The van der Waals surface area contributed by atoms with E-state index >= 15 is 0 Å². The van der Waals surface area contributed by atoms with Crippen LogP contribution in [-0.2, 0) is 11.3 Å². The number of pyridine rings is 1. The molecule has 4 heterocycles. The zero-order valence-corrected chi connectivity index (χ0v) is 18.4. The van der Waals surface area contributed by atoms with Crippen molar-refractivity contribution < 1.29 is 13.9 Å². The predicted molar refractivity (Wildman–Crippen MR) is 118 cm³/mol. The van der Waals surface area contributed by atoms with E-state index in [1.165, 1.54) is 0 Å². The molecule has 1 aliphatic heterocycles. The van der Waals surface area contributed by atoms with Crippen LogP contribution in [0.1, 0.15) is 45.0 Å². The van der Waals surface area contributed by atoms with Crippen LogP contribution in [0, 0.1) is 20.8 Å². The molecule has 1 atom stereocenters. The predicted octanol–water partition coefficient (Wildman–Crippen LogP) is 3.25. The molecule has 1 fully saturated rings. The minimum absolute atomic E-state index is 0.0152. The summed E-state index contributed by atoms with van der Waals surface area (Å²) in [6.07, 6.45) is 1.79. The van der Waals surface area contributed by atoms with Crippen LogP contribution in [0.25, 0.3) is 0 Å². The van der Waals surface area contributed by atoms with Crippen LogP contribution in [0.5, 0.6) is 0 Å². The molecule has 3 aromatic heterocycles. The fourth-order valence-corrected chi connectivity index (χ4v) is 4.14. The third-order valence-corrected chi connectivity index (χ3v) is 5.90. The van der Waals surface area contributed by atoms with Gasteiger partial charge in [-0.25, -0.2) is 0 Å². The van der Waals surface area contributed by atoms with E-state index in [1.54, 1.807) is 6.20 Å². The number of amides is 1. The first-order chi connectivity index (χ1) is 15.0. The van der Waals surface area contributed by atoms with Crippen molar-refractivity contribution in [3.63, 3.8) is 0 Å². The lowest BCUT2D eigenvalue weighted by atomic mass is 10.1. The summed E-state index contributed by atoms with van der Waals surface area (Å²) < 4.78 is 13.5. The molecule has 0 saturated carbocycles. The van der Waals surface area contributed by atoms with Crippen LogP contribution in [0.3, 0.4) is 0 Å². The number of ether oxygens (including phenoxy) is 1. The van der Waals surface area contributed by atoms with Gasteiger partial charge in [-0.2, -0.15) is 0 Å². The summed E-state index contributed by atoms with van der Waals surface area (Å²) in [7, 11) is 0. The number of hydrogen-bond donors (Lipinski definition) is 1. The Kier molecular flexibility index (Phi) is 6.53. The highest BCUT2D eigenvalue weighted by molar-refractivity contribution is 5.95.